The lowest BCUT2D eigenvalue weighted by molar-refractivity contribution is 0.459. The summed E-state index contributed by atoms with van der Waals surface area (Å²) >= 11 is 3.27. The van der Waals surface area contributed by atoms with Crippen molar-refractivity contribution in [3.05, 3.63) is 82.3 Å². The predicted octanol–water partition coefficient (Wildman–Crippen LogP) is 4.94. The van der Waals surface area contributed by atoms with Gasteiger partial charge in [-0.1, -0.05) is 12.1 Å². The van der Waals surface area contributed by atoms with Crippen LogP contribution in [0.1, 0.15) is 17.2 Å². The molecule has 0 saturated carbocycles. The van der Waals surface area contributed by atoms with Crippen LogP contribution >= 0.6 is 15.9 Å². The van der Waals surface area contributed by atoms with Gasteiger partial charge >= 0.3 is 0 Å². The van der Waals surface area contributed by atoms with E-state index >= 15 is 0 Å². The first kappa shape index (κ1) is 22.0. The van der Waals surface area contributed by atoms with Gasteiger partial charge in [0.25, 0.3) is 10.0 Å². The third-order valence-corrected chi connectivity index (χ3v) is 6.88. The molecule has 0 amide bonds. The molecule has 0 radical (unpaired) electrons. The maximum Gasteiger partial charge on any atom is 0.263 e. The van der Waals surface area contributed by atoms with Gasteiger partial charge in [-0.15, -0.1) is 0 Å². The molecule has 0 saturated heterocycles. The number of ether oxygens (including phenoxy) is 1. The van der Waals surface area contributed by atoms with Crippen molar-refractivity contribution in [2.75, 3.05) is 4.72 Å². The Balaban J connectivity index is 1.53. The van der Waals surface area contributed by atoms with Crippen LogP contribution in [0.2, 0.25) is 0 Å². The largest absolute Gasteiger partial charge is 0.439 e. The van der Waals surface area contributed by atoms with E-state index in [0.29, 0.717) is 33.4 Å². The third kappa shape index (κ3) is 4.81. The molecule has 2 aromatic carbocycles. The minimum absolute atomic E-state index is 0.161. The molecule has 164 valence electrons. The standard InChI is InChI=1S/C22H20BrN5O3S/c1-14-12-15(2)28(26-14)21-13-22(25-16(3)24-21)31-18-10-8-17(9-11-18)27-32(29,30)20-7-5-4-6-19(20)23/h4-13,27H,1-3H3. The summed E-state index contributed by atoms with van der Waals surface area (Å²) in [4.78, 5) is 8.93. The molecule has 0 spiro atoms. The Kier molecular flexibility index (Phi) is 5.98. The number of sulfonamides is 1. The lowest BCUT2D eigenvalue weighted by Crippen LogP contribution is -2.13. The molecule has 2 aromatic heterocycles. The van der Waals surface area contributed by atoms with Gasteiger partial charge in [0.05, 0.1) is 5.69 Å². The predicted molar refractivity (Wildman–Crippen MR) is 125 cm³/mol. The van der Waals surface area contributed by atoms with Crippen molar-refractivity contribution < 1.29 is 13.2 Å². The number of hydrogen-bond donors (Lipinski definition) is 1. The summed E-state index contributed by atoms with van der Waals surface area (Å²) in [5.41, 5.74) is 2.25. The molecule has 0 aliphatic heterocycles. The zero-order chi connectivity index (χ0) is 22.9. The quantitative estimate of drug-likeness (QED) is 0.391. The van der Waals surface area contributed by atoms with Crippen LogP contribution in [0.5, 0.6) is 11.6 Å². The molecule has 0 atom stereocenters. The van der Waals surface area contributed by atoms with Crippen molar-refractivity contribution >= 4 is 31.6 Å². The van der Waals surface area contributed by atoms with Crippen molar-refractivity contribution in [3.8, 4) is 17.4 Å². The number of hydrogen-bond acceptors (Lipinski definition) is 6. The molecule has 0 unspecified atom stereocenters. The van der Waals surface area contributed by atoms with Gasteiger partial charge in [0.1, 0.15) is 16.5 Å². The summed E-state index contributed by atoms with van der Waals surface area (Å²) < 4.78 is 35.9. The number of nitrogens with zero attached hydrogens (tertiary/aromatic N) is 4. The fourth-order valence-electron chi connectivity index (χ4n) is 3.13. The van der Waals surface area contributed by atoms with Crippen molar-refractivity contribution in [1.29, 1.82) is 0 Å². The molecule has 0 bridgehead atoms. The zero-order valence-corrected chi connectivity index (χ0v) is 20.0. The number of aryl methyl sites for hydroxylation is 3. The number of anilines is 1. The van der Waals surface area contributed by atoms with Crippen LogP contribution in [0.15, 0.2) is 70.0 Å². The van der Waals surface area contributed by atoms with Gasteiger partial charge in [-0.2, -0.15) is 10.1 Å². The third-order valence-electron chi connectivity index (χ3n) is 4.48. The molecule has 0 aliphatic rings. The van der Waals surface area contributed by atoms with Crippen LogP contribution in [0.4, 0.5) is 5.69 Å². The van der Waals surface area contributed by atoms with Crippen molar-refractivity contribution in [1.82, 2.24) is 19.7 Å². The van der Waals surface area contributed by atoms with Crippen LogP contribution < -0.4 is 9.46 Å². The summed E-state index contributed by atoms with van der Waals surface area (Å²) in [5, 5.41) is 4.45. The minimum atomic E-state index is -3.73. The van der Waals surface area contributed by atoms with Gasteiger partial charge in [0.15, 0.2) is 5.82 Å². The Morgan fingerprint density at radius 2 is 1.69 bits per heavy atom. The SMILES string of the molecule is Cc1cc(C)n(-c2cc(Oc3ccc(NS(=O)(=O)c4ccccc4Br)cc3)nc(C)n2)n1. The van der Waals surface area contributed by atoms with Gasteiger partial charge in [0.2, 0.25) is 5.88 Å². The molecule has 1 N–H and O–H groups in total. The van der Waals surface area contributed by atoms with E-state index < -0.39 is 10.0 Å². The number of aromatic nitrogens is 4. The lowest BCUT2D eigenvalue weighted by atomic mass is 10.3. The Morgan fingerprint density at radius 1 is 0.969 bits per heavy atom. The minimum Gasteiger partial charge on any atom is -0.439 e. The molecule has 8 nitrogen and oxygen atoms in total. The highest BCUT2D eigenvalue weighted by Crippen LogP contribution is 2.26. The lowest BCUT2D eigenvalue weighted by Gasteiger charge is -2.11. The second-order valence-electron chi connectivity index (χ2n) is 7.11. The Labute approximate surface area is 194 Å². The van der Waals surface area contributed by atoms with Crippen LogP contribution in [-0.4, -0.2) is 28.2 Å². The molecule has 2 heterocycles. The molecule has 0 fully saturated rings. The topological polar surface area (TPSA) is 99.0 Å². The Hall–Kier alpha value is -3.24. The van der Waals surface area contributed by atoms with Gasteiger partial charge in [-0.25, -0.2) is 18.1 Å². The van der Waals surface area contributed by atoms with E-state index in [9.17, 15) is 8.42 Å². The van der Waals surface area contributed by atoms with Crippen molar-refractivity contribution in [3.63, 3.8) is 0 Å². The van der Waals surface area contributed by atoms with Crippen LogP contribution in [-0.2, 0) is 10.0 Å². The maximum atomic E-state index is 12.6. The first-order valence-corrected chi connectivity index (χ1v) is 11.9. The highest BCUT2D eigenvalue weighted by atomic mass is 79.9. The van der Waals surface area contributed by atoms with E-state index in [1.54, 1.807) is 60.1 Å². The maximum absolute atomic E-state index is 12.6. The van der Waals surface area contributed by atoms with E-state index in [4.69, 9.17) is 4.74 Å². The van der Waals surface area contributed by atoms with E-state index in [2.05, 4.69) is 35.7 Å². The van der Waals surface area contributed by atoms with Crippen molar-refractivity contribution in [2.45, 2.75) is 25.7 Å². The number of halogens is 1. The smallest absolute Gasteiger partial charge is 0.263 e. The zero-order valence-electron chi connectivity index (χ0n) is 17.6. The van der Waals surface area contributed by atoms with E-state index in [0.717, 1.165) is 11.4 Å². The molecular weight excluding hydrogens is 494 g/mol. The van der Waals surface area contributed by atoms with Crippen LogP contribution in [0.3, 0.4) is 0 Å². The summed E-state index contributed by atoms with van der Waals surface area (Å²) in [6.45, 7) is 5.65. The highest BCUT2D eigenvalue weighted by Gasteiger charge is 2.17. The molecule has 0 aliphatic carbocycles. The summed E-state index contributed by atoms with van der Waals surface area (Å²) in [5.74, 6) is 2.02. The highest BCUT2D eigenvalue weighted by molar-refractivity contribution is 9.10. The average Bonchev–Trinajstić information content (AvgIpc) is 3.07. The van der Waals surface area contributed by atoms with Gasteiger partial charge in [-0.05, 0) is 79.2 Å². The molecule has 4 rings (SSSR count). The van der Waals surface area contributed by atoms with Gasteiger partial charge < -0.3 is 4.74 Å². The fourth-order valence-corrected chi connectivity index (χ4v) is 5.19. The van der Waals surface area contributed by atoms with E-state index in [1.165, 1.54) is 6.07 Å². The second-order valence-corrected chi connectivity index (χ2v) is 9.62. The average molecular weight is 514 g/mol. The van der Waals surface area contributed by atoms with Crippen molar-refractivity contribution in [2.24, 2.45) is 0 Å². The summed E-state index contributed by atoms with van der Waals surface area (Å²) in [6.07, 6.45) is 0. The summed E-state index contributed by atoms with van der Waals surface area (Å²) in [7, 11) is -3.73. The van der Waals surface area contributed by atoms with Crippen LogP contribution in [0, 0.1) is 20.8 Å². The molecular formula is C22H20BrN5O3S. The van der Waals surface area contributed by atoms with Gasteiger partial charge in [-0.3, -0.25) is 4.72 Å². The Morgan fingerprint density at radius 3 is 2.34 bits per heavy atom. The monoisotopic (exact) mass is 513 g/mol. The van der Waals surface area contributed by atoms with Crippen LogP contribution in [0.25, 0.3) is 5.82 Å². The molecule has 4 aromatic rings. The molecule has 32 heavy (non-hydrogen) atoms. The first-order chi connectivity index (χ1) is 15.2. The molecule has 10 heteroatoms. The Bertz CT molecular complexity index is 1390. The first-order valence-electron chi connectivity index (χ1n) is 9.66. The normalized spacial score (nSPS) is 11.4. The van der Waals surface area contributed by atoms with E-state index in [-0.39, 0.29) is 4.90 Å². The second kappa shape index (κ2) is 8.71. The summed E-state index contributed by atoms with van der Waals surface area (Å²) in [6, 6.07) is 16.9. The van der Waals surface area contributed by atoms with Gasteiger partial charge in [0, 0.05) is 21.9 Å². The number of rotatable bonds is 6. The number of benzene rings is 2. The fraction of sp³-hybridized carbons (Fsp3) is 0.136. The van der Waals surface area contributed by atoms with E-state index in [1.807, 2.05) is 19.9 Å². The number of nitrogens with one attached hydrogen (secondary N) is 1.